The van der Waals surface area contributed by atoms with E-state index in [0.717, 1.165) is 0 Å². The highest BCUT2D eigenvalue weighted by atomic mass is 16.5. The molecule has 0 radical (unpaired) electrons. The lowest BCUT2D eigenvalue weighted by molar-refractivity contribution is -0.118. The number of amides is 2. The standard InChI is InChI=1S/C21H24N2O4/c1-4-23(5-2)21(26)17-9-6-10-18(12-17)22-20(25)14-27-19-11-7-8-16(13-19)15(3)24/h6-13H,4-5,14H2,1-3H3,(H,22,25). The van der Waals surface area contributed by atoms with Gasteiger partial charge in [-0.05, 0) is 51.1 Å². The molecule has 0 aliphatic rings. The highest BCUT2D eigenvalue weighted by Crippen LogP contribution is 2.15. The molecule has 27 heavy (non-hydrogen) atoms. The summed E-state index contributed by atoms with van der Waals surface area (Å²) in [6.07, 6.45) is 0. The van der Waals surface area contributed by atoms with E-state index in [1.54, 1.807) is 53.4 Å². The van der Waals surface area contributed by atoms with Crippen LogP contribution in [-0.2, 0) is 4.79 Å². The number of hydrogen-bond donors (Lipinski definition) is 1. The van der Waals surface area contributed by atoms with E-state index in [9.17, 15) is 14.4 Å². The van der Waals surface area contributed by atoms with Crippen LogP contribution >= 0.6 is 0 Å². The summed E-state index contributed by atoms with van der Waals surface area (Å²) in [5.41, 5.74) is 1.57. The quantitative estimate of drug-likeness (QED) is 0.725. The van der Waals surface area contributed by atoms with Crippen molar-refractivity contribution in [2.24, 2.45) is 0 Å². The van der Waals surface area contributed by atoms with Gasteiger partial charge in [0.05, 0.1) is 0 Å². The summed E-state index contributed by atoms with van der Waals surface area (Å²) in [4.78, 5) is 37.6. The Morgan fingerprint density at radius 3 is 2.30 bits per heavy atom. The molecule has 0 spiro atoms. The van der Waals surface area contributed by atoms with Crippen molar-refractivity contribution in [3.63, 3.8) is 0 Å². The molecule has 0 bridgehead atoms. The first-order valence-corrected chi connectivity index (χ1v) is 8.87. The molecule has 0 aromatic heterocycles. The maximum atomic E-state index is 12.4. The van der Waals surface area contributed by atoms with Crippen LogP contribution in [0.2, 0.25) is 0 Å². The predicted octanol–water partition coefficient (Wildman–Crippen LogP) is 3.39. The van der Waals surface area contributed by atoms with Crippen LogP contribution in [0.15, 0.2) is 48.5 Å². The second-order valence-electron chi connectivity index (χ2n) is 5.98. The summed E-state index contributed by atoms with van der Waals surface area (Å²) in [5.74, 6) is -0.0491. The van der Waals surface area contributed by atoms with E-state index in [4.69, 9.17) is 4.74 Å². The average Bonchev–Trinajstić information content (AvgIpc) is 2.67. The molecule has 0 atom stereocenters. The lowest BCUT2D eigenvalue weighted by Gasteiger charge is -2.19. The molecule has 0 unspecified atom stereocenters. The van der Waals surface area contributed by atoms with Gasteiger partial charge in [-0.3, -0.25) is 14.4 Å². The zero-order valence-electron chi connectivity index (χ0n) is 15.8. The molecule has 6 nitrogen and oxygen atoms in total. The van der Waals surface area contributed by atoms with Gasteiger partial charge in [0, 0.05) is 29.9 Å². The first kappa shape index (κ1) is 20.2. The molecule has 2 aromatic rings. The van der Waals surface area contributed by atoms with Gasteiger partial charge >= 0.3 is 0 Å². The summed E-state index contributed by atoms with van der Waals surface area (Å²) in [5, 5.41) is 2.72. The van der Waals surface area contributed by atoms with Gasteiger partial charge in [-0.2, -0.15) is 0 Å². The molecule has 0 heterocycles. The number of nitrogens with one attached hydrogen (secondary N) is 1. The van der Waals surface area contributed by atoms with Gasteiger partial charge in [0.1, 0.15) is 5.75 Å². The van der Waals surface area contributed by atoms with Crippen LogP contribution in [0.1, 0.15) is 41.5 Å². The largest absolute Gasteiger partial charge is 0.484 e. The number of Topliss-reactive ketones (excluding diaryl/α,β-unsaturated/α-hetero) is 1. The molecule has 2 rings (SSSR count). The summed E-state index contributed by atoms with van der Waals surface area (Å²) >= 11 is 0. The lowest BCUT2D eigenvalue weighted by atomic mass is 10.1. The molecule has 6 heteroatoms. The van der Waals surface area contributed by atoms with E-state index < -0.39 is 0 Å². The fourth-order valence-electron chi connectivity index (χ4n) is 2.57. The molecule has 0 saturated heterocycles. The van der Waals surface area contributed by atoms with E-state index in [-0.39, 0.29) is 24.2 Å². The highest BCUT2D eigenvalue weighted by Gasteiger charge is 2.13. The Labute approximate surface area is 159 Å². The maximum Gasteiger partial charge on any atom is 0.262 e. The zero-order valence-corrected chi connectivity index (χ0v) is 15.8. The Hall–Kier alpha value is -3.15. The van der Waals surface area contributed by atoms with Gasteiger partial charge in [0.2, 0.25) is 0 Å². The van der Waals surface area contributed by atoms with E-state index in [1.807, 2.05) is 13.8 Å². The summed E-state index contributed by atoms with van der Waals surface area (Å²) in [6, 6.07) is 13.5. The molecule has 0 aliphatic heterocycles. The molecular weight excluding hydrogens is 344 g/mol. The van der Waals surface area contributed by atoms with Crippen LogP contribution in [0.25, 0.3) is 0 Å². The van der Waals surface area contributed by atoms with Crippen molar-refractivity contribution in [1.82, 2.24) is 4.90 Å². The first-order chi connectivity index (χ1) is 12.9. The fraction of sp³-hybridized carbons (Fsp3) is 0.286. The van der Waals surface area contributed by atoms with Crippen LogP contribution in [-0.4, -0.2) is 42.2 Å². The van der Waals surface area contributed by atoms with Crippen molar-refractivity contribution < 1.29 is 19.1 Å². The monoisotopic (exact) mass is 368 g/mol. The molecule has 142 valence electrons. The summed E-state index contributed by atoms with van der Waals surface area (Å²) < 4.78 is 5.44. The van der Waals surface area contributed by atoms with E-state index in [1.165, 1.54) is 6.92 Å². The number of carbonyl (C=O) groups is 3. The van der Waals surface area contributed by atoms with Crippen LogP contribution in [0.4, 0.5) is 5.69 Å². The van der Waals surface area contributed by atoms with Crippen molar-refractivity contribution in [2.45, 2.75) is 20.8 Å². The van der Waals surface area contributed by atoms with E-state index in [0.29, 0.717) is 35.7 Å². The molecule has 0 fully saturated rings. The minimum Gasteiger partial charge on any atom is -0.484 e. The average molecular weight is 368 g/mol. The normalized spacial score (nSPS) is 10.2. The molecule has 0 aliphatic carbocycles. The lowest BCUT2D eigenvalue weighted by Crippen LogP contribution is -2.30. The SMILES string of the molecule is CCN(CC)C(=O)c1cccc(NC(=O)COc2cccc(C(C)=O)c2)c1. The number of benzene rings is 2. The molecular formula is C21H24N2O4. The van der Waals surface area contributed by atoms with Gasteiger partial charge in [0.25, 0.3) is 11.8 Å². The van der Waals surface area contributed by atoms with Crippen molar-refractivity contribution >= 4 is 23.3 Å². The van der Waals surface area contributed by atoms with Crippen molar-refractivity contribution in [1.29, 1.82) is 0 Å². The number of ketones is 1. The molecule has 2 aromatic carbocycles. The Bertz CT molecular complexity index is 828. The second kappa shape index (κ2) is 9.52. The van der Waals surface area contributed by atoms with Crippen molar-refractivity contribution in [3.05, 3.63) is 59.7 Å². The number of rotatable bonds is 8. The Balaban J connectivity index is 1.98. The highest BCUT2D eigenvalue weighted by molar-refractivity contribution is 5.97. The number of ether oxygens (including phenoxy) is 1. The second-order valence-corrected chi connectivity index (χ2v) is 5.98. The molecule has 2 amide bonds. The Morgan fingerprint density at radius 2 is 1.63 bits per heavy atom. The number of hydrogen-bond acceptors (Lipinski definition) is 4. The molecule has 0 saturated carbocycles. The number of carbonyl (C=O) groups excluding carboxylic acids is 3. The third-order valence-corrected chi connectivity index (χ3v) is 4.05. The van der Waals surface area contributed by atoms with Gasteiger partial charge in [-0.25, -0.2) is 0 Å². The first-order valence-electron chi connectivity index (χ1n) is 8.87. The number of nitrogens with zero attached hydrogens (tertiary/aromatic N) is 1. The van der Waals surface area contributed by atoms with Crippen molar-refractivity contribution in [2.75, 3.05) is 25.0 Å². The summed E-state index contributed by atoms with van der Waals surface area (Å²) in [6.45, 7) is 6.36. The predicted molar refractivity (Wildman–Crippen MR) is 104 cm³/mol. The topological polar surface area (TPSA) is 75.7 Å². The smallest absolute Gasteiger partial charge is 0.262 e. The van der Waals surface area contributed by atoms with E-state index in [2.05, 4.69) is 5.32 Å². The molecule has 1 N–H and O–H groups in total. The zero-order chi connectivity index (χ0) is 19.8. The third kappa shape index (κ3) is 5.67. The Kier molecular flexibility index (Phi) is 7.11. The fourth-order valence-corrected chi connectivity index (χ4v) is 2.57. The minimum atomic E-state index is -0.351. The minimum absolute atomic E-state index is 0.0698. The van der Waals surface area contributed by atoms with Crippen LogP contribution in [0.5, 0.6) is 5.75 Å². The van der Waals surface area contributed by atoms with Crippen LogP contribution < -0.4 is 10.1 Å². The van der Waals surface area contributed by atoms with Crippen molar-refractivity contribution in [3.8, 4) is 5.75 Å². The van der Waals surface area contributed by atoms with Gasteiger partial charge < -0.3 is 15.0 Å². The van der Waals surface area contributed by atoms with Gasteiger partial charge in [0.15, 0.2) is 12.4 Å². The third-order valence-electron chi connectivity index (χ3n) is 4.05. The van der Waals surface area contributed by atoms with E-state index >= 15 is 0 Å². The van der Waals surface area contributed by atoms with Gasteiger partial charge in [-0.15, -0.1) is 0 Å². The van der Waals surface area contributed by atoms with Crippen LogP contribution in [0.3, 0.4) is 0 Å². The Morgan fingerprint density at radius 1 is 0.963 bits per heavy atom. The van der Waals surface area contributed by atoms with Crippen LogP contribution in [0, 0.1) is 0 Å². The maximum absolute atomic E-state index is 12.4. The number of anilines is 1. The van der Waals surface area contributed by atoms with Gasteiger partial charge in [-0.1, -0.05) is 18.2 Å². The summed E-state index contributed by atoms with van der Waals surface area (Å²) in [7, 11) is 0.